The van der Waals surface area contributed by atoms with E-state index in [0.29, 0.717) is 52.6 Å². The van der Waals surface area contributed by atoms with Gasteiger partial charge in [0.1, 0.15) is 0 Å². The van der Waals surface area contributed by atoms with Crippen molar-refractivity contribution in [2.24, 2.45) is 11.3 Å². The van der Waals surface area contributed by atoms with E-state index in [1.54, 1.807) is 19.0 Å². The Labute approximate surface area is 137 Å². The van der Waals surface area contributed by atoms with Crippen molar-refractivity contribution in [2.75, 3.05) is 66.7 Å². The Balaban J connectivity index is 1.79. The van der Waals surface area contributed by atoms with Gasteiger partial charge in [0.25, 0.3) is 0 Å². The predicted octanol–water partition coefficient (Wildman–Crippen LogP) is 0.255. The minimum Gasteiger partial charge on any atom is -0.381 e. The second-order valence-corrected chi connectivity index (χ2v) is 7.02. The van der Waals surface area contributed by atoms with Crippen molar-refractivity contribution in [1.82, 2.24) is 14.7 Å². The number of ether oxygens (including phenoxy) is 2. The third-order valence-corrected chi connectivity index (χ3v) is 5.41. The largest absolute Gasteiger partial charge is 0.381 e. The van der Waals surface area contributed by atoms with Crippen LogP contribution in [0.3, 0.4) is 0 Å². The van der Waals surface area contributed by atoms with Crippen molar-refractivity contribution in [3.8, 4) is 0 Å². The molecule has 0 N–H and O–H groups in total. The molecule has 23 heavy (non-hydrogen) atoms. The Morgan fingerprint density at radius 2 is 1.61 bits per heavy atom. The summed E-state index contributed by atoms with van der Waals surface area (Å²) in [6.07, 6.45) is 1.70. The molecular weight excluding hydrogens is 298 g/mol. The lowest BCUT2D eigenvalue weighted by molar-refractivity contribution is -0.144. The van der Waals surface area contributed by atoms with Crippen LogP contribution in [-0.2, 0) is 14.3 Å². The summed E-state index contributed by atoms with van der Waals surface area (Å²) in [5, 5.41) is 0. The first kappa shape index (κ1) is 16.5. The third kappa shape index (κ3) is 3.17. The van der Waals surface area contributed by atoms with Gasteiger partial charge >= 0.3 is 6.03 Å². The molecule has 7 heteroatoms. The van der Waals surface area contributed by atoms with Gasteiger partial charge < -0.3 is 24.2 Å². The minimum atomic E-state index is -0.126. The summed E-state index contributed by atoms with van der Waals surface area (Å²) in [6.45, 7) is 5.06. The van der Waals surface area contributed by atoms with Crippen LogP contribution in [0.5, 0.6) is 0 Å². The van der Waals surface area contributed by atoms with Crippen LogP contribution in [0.4, 0.5) is 4.79 Å². The van der Waals surface area contributed by atoms with Crippen molar-refractivity contribution in [2.45, 2.75) is 12.8 Å². The fourth-order valence-electron chi connectivity index (χ4n) is 4.03. The van der Waals surface area contributed by atoms with Crippen LogP contribution in [0, 0.1) is 11.3 Å². The highest BCUT2D eigenvalue weighted by Crippen LogP contribution is 2.45. The number of hydrogen-bond acceptors (Lipinski definition) is 4. The van der Waals surface area contributed by atoms with E-state index in [-0.39, 0.29) is 23.3 Å². The van der Waals surface area contributed by atoms with E-state index in [2.05, 4.69) is 0 Å². The highest BCUT2D eigenvalue weighted by atomic mass is 16.5. The maximum absolute atomic E-state index is 13.1. The normalized spacial score (nSPS) is 27.3. The van der Waals surface area contributed by atoms with Crippen LogP contribution >= 0.6 is 0 Å². The molecule has 1 spiro atoms. The second kappa shape index (κ2) is 6.65. The van der Waals surface area contributed by atoms with Gasteiger partial charge in [0.05, 0.1) is 19.1 Å². The maximum atomic E-state index is 13.1. The Morgan fingerprint density at radius 3 is 2.22 bits per heavy atom. The number of urea groups is 1. The lowest BCUT2D eigenvalue weighted by Gasteiger charge is -2.39. The predicted molar refractivity (Wildman–Crippen MR) is 84.0 cm³/mol. The van der Waals surface area contributed by atoms with Crippen LogP contribution in [0.2, 0.25) is 0 Å². The van der Waals surface area contributed by atoms with Crippen LogP contribution < -0.4 is 0 Å². The molecule has 3 amide bonds. The summed E-state index contributed by atoms with van der Waals surface area (Å²) in [4.78, 5) is 30.8. The van der Waals surface area contributed by atoms with Crippen molar-refractivity contribution in [3.63, 3.8) is 0 Å². The molecule has 0 saturated carbocycles. The Kier molecular flexibility index (Phi) is 4.77. The molecule has 3 aliphatic heterocycles. The summed E-state index contributed by atoms with van der Waals surface area (Å²) in [6, 6.07) is -0.00635. The molecule has 130 valence electrons. The SMILES string of the molecule is CN(C)C(=O)N1C[C@H](C(=O)N2CCOCC2)C2(CCOCC2)C1. The molecule has 3 rings (SSSR count). The van der Waals surface area contributed by atoms with Crippen LogP contribution in [0.1, 0.15) is 12.8 Å². The standard InChI is InChI=1S/C16H27N3O4/c1-17(2)15(21)19-11-13(14(20)18-5-9-23-10-6-18)16(12-19)3-7-22-8-4-16/h13H,3-12H2,1-2H3/t13-/m1/s1. The first-order valence-corrected chi connectivity index (χ1v) is 8.44. The molecule has 1 atom stereocenters. The number of nitrogens with zero attached hydrogens (tertiary/aromatic N) is 3. The number of amides is 3. The van der Waals surface area contributed by atoms with Gasteiger partial charge in [0.15, 0.2) is 0 Å². The molecule has 0 aliphatic carbocycles. The number of rotatable bonds is 1. The van der Waals surface area contributed by atoms with Crippen LogP contribution in [0.15, 0.2) is 0 Å². The zero-order valence-corrected chi connectivity index (χ0v) is 14.1. The molecule has 7 nitrogen and oxygen atoms in total. The van der Waals surface area contributed by atoms with Crippen molar-refractivity contribution in [3.05, 3.63) is 0 Å². The average molecular weight is 325 g/mol. The summed E-state index contributed by atoms with van der Waals surface area (Å²) in [5.74, 6) is 0.0673. The molecule has 0 bridgehead atoms. The van der Waals surface area contributed by atoms with E-state index in [1.165, 1.54) is 0 Å². The number of carbonyl (C=O) groups is 2. The topological polar surface area (TPSA) is 62.3 Å². The lowest BCUT2D eigenvalue weighted by atomic mass is 9.71. The van der Waals surface area contributed by atoms with E-state index in [9.17, 15) is 9.59 Å². The molecule has 0 aromatic carbocycles. The van der Waals surface area contributed by atoms with Gasteiger partial charge in [-0.25, -0.2) is 4.79 Å². The number of carbonyl (C=O) groups excluding carboxylic acids is 2. The van der Waals surface area contributed by atoms with Crippen LogP contribution in [-0.4, -0.2) is 93.3 Å². The van der Waals surface area contributed by atoms with Crippen molar-refractivity contribution >= 4 is 11.9 Å². The Bertz CT molecular complexity index is 456. The third-order valence-electron chi connectivity index (χ3n) is 5.41. The number of likely N-dealkylation sites (tertiary alicyclic amines) is 1. The summed E-state index contributed by atoms with van der Waals surface area (Å²) in [5.41, 5.74) is -0.126. The Morgan fingerprint density at radius 1 is 1.00 bits per heavy atom. The zero-order chi connectivity index (χ0) is 16.4. The minimum absolute atomic E-state index is 0.00635. The van der Waals surface area contributed by atoms with E-state index in [4.69, 9.17) is 9.47 Å². The summed E-state index contributed by atoms with van der Waals surface area (Å²) >= 11 is 0. The molecule has 0 unspecified atom stereocenters. The molecule has 0 aromatic rings. The van der Waals surface area contributed by atoms with E-state index >= 15 is 0 Å². The maximum Gasteiger partial charge on any atom is 0.319 e. The second-order valence-electron chi connectivity index (χ2n) is 7.02. The van der Waals surface area contributed by atoms with Gasteiger partial charge in [-0.2, -0.15) is 0 Å². The quantitative estimate of drug-likeness (QED) is 0.694. The first-order valence-electron chi connectivity index (χ1n) is 8.44. The van der Waals surface area contributed by atoms with Gasteiger partial charge in [0.2, 0.25) is 5.91 Å². The van der Waals surface area contributed by atoms with Gasteiger partial charge in [-0.1, -0.05) is 0 Å². The van der Waals surface area contributed by atoms with Crippen LogP contribution in [0.25, 0.3) is 0 Å². The fraction of sp³-hybridized carbons (Fsp3) is 0.875. The molecule has 3 saturated heterocycles. The van der Waals surface area contributed by atoms with Crippen molar-refractivity contribution in [1.29, 1.82) is 0 Å². The molecule has 3 heterocycles. The monoisotopic (exact) mass is 325 g/mol. The molecule has 3 fully saturated rings. The number of hydrogen-bond donors (Lipinski definition) is 0. The molecular formula is C16H27N3O4. The van der Waals surface area contributed by atoms with Crippen molar-refractivity contribution < 1.29 is 19.1 Å². The smallest absolute Gasteiger partial charge is 0.319 e. The molecule has 0 radical (unpaired) electrons. The van der Waals surface area contributed by atoms with E-state index in [0.717, 1.165) is 12.8 Å². The van der Waals surface area contributed by atoms with Gasteiger partial charge in [-0.15, -0.1) is 0 Å². The number of morpholine rings is 1. The Hall–Kier alpha value is -1.34. The van der Waals surface area contributed by atoms with E-state index < -0.39 is 0 Å². The average Bonchev–Trinajstić information content (AvgIpc) is 2.93. The molecule has 3 aliphatic rings. The highest BCUT2D eigenvalue weighted by Gasteiger charge is 2.52. The zero-order valence-electron chi connectivity index (χ0n) is 14.1. The molecule has 0 aromatic heterocycles. The summed E-state index contributed by atoms with van der Waals surface area (Å²) in [7, 11) is 3.52. The van der Waals surface area contributed by atoms with Gasteiger partial charge in [0, 0.05) is 58.9 Å². The van der Waals surface area contributed by atoms with Gasteiger partial charge in [-0.05, 0) is 12.8 Å². The summed E-state index contributed by atoms with van der Waals surface area (Å²) < 4.78 is 10.9. The first-order chi connectivity index (χ1) is 11.0. The highest BCUT2D eigenvalue weighted by molar-refractivity contribution is 5.83. The van der Waals surface area contributed by atoms with E-state index in [1.807, 2.05) is 9.80 Å². The van der Waals surface area contributed by atoms with Gasteiger partial charge in [-0.3, -0.25) is 4.79 Å². The fourth-order valence-corrected chi connectivity index (χ4v) is 4.03. The lowest BCUT2D eigenvalue weighted by Crippen LogP contribution is -2.49.